The van der Waals surface area contributed by atoms with Gasteiger partial charge in [-0.25, -0.2) is 4.79 Å². The summed E-state index contributed by atoms with van der Waals surface area (Å²) in [4.78, 5) is 37.1. The van der Waals surface area contributed by atoms with E-state index < -0.39 is 17.1 Å². The average molecular weight is 243 g/mol. The van der Waals surface area contributed by atoms with Gasteiger partial charge in [0, 0.05) is 13.1 Å². The Bertz CT molecular complexity index is 516. The zero-order valence-corrected chi connectivity index (χ0v) is 9.70. The number of amides is 1. The number of likely N-dealkylation sites (N-methyl/N-ethyl adjacent to an activating group) is 1. The van der Waals surface area contributed by atoms with Crippen LogP contribution in [0.5, 0.6) is 0 Å². The summed E-state index contributed by atoms with van der Waals surface area (Å²) in [5.41, 5.74) is -1.88. The van der Waals surface area contributed by atoms with Crippen molar-refractivity contribution in [1.82, 2.24) is 14.5 Å². The summed E-state index contributed by atoms with van der Waals surface area (Å²) < 4.78 is 13.8. The highest BCUT2D eigenvalue weighted by atomic mass is 19.1. The van der Waals surface area contributed by atoms with Gasteiger partial charge in [0.25, 0.3) is 5.56 Å². The molecule has 0 bridgehead atoms. The quantitative estimate of drug-likeness (QED) is 0.777. The fourth-order valence-corrected chi connectivity index (χ4v) is 1.42. The zero-order chi connectivity index (χ0) is 13.0. The normalized spacial score (nSPS) is 10.3. The third kappa shape index (κ3) is 3.02. The van der Waals surface area contributed by atoms with Crippen molar-refractivity contribution >= 4 is 5.91 Å². The molecule has 7 heteroatoms. The molecule has 0 atom stereocenters. The second-order valence-electron chi connectivity index (χ2n) is 3.43. The Morgan fingerprint density at radius 2 is 2.00 bits per heavy atom. The number of nitrogens with one attached hydrogen (secondary N) is 1. The highest BCUT2D eigenvalue weighted by molar-refractivity contribution is 5.75. The number of rotatable bonds is 4. The second-order valence-corrected chi connectivity index (χ2v) is 3.43. The van der Waals surface area contributed by atoms with Gasteiger partial charge in [-0.2, -0.15) is 4.39 Å². The lowest BCUT2D eigenvalue weighted by Crippen LogP contribution is -2.39. The summed E-state index contributed by atoms with van der Waals surface area (Å²) in [5.74, 6) is -1.39. The molecule has 1 rings (SSSR count). The van der Waals surface area contributed by atoms with Crippen molar-refractivity contribution in [1.29, 1.82) is 0 Å². The van der Waals surface area contributed by atoms with Crippen LogP contribution in [0.1, 0.15) is 13.8 Å². The first kappa shape index (κ1) is 13.1. The van der Waals surface area contributed by atoms with E-state index in [0.717, 1.165) is 10.8 Å². The molecule has 1 N–H and O–H groups in total. The van der Waals surface area contributed by atoms with Crippen molar-refractivity contribution in [2.75, 3.05) is 13.1 Å². The van der Waals surface area contributed by atoms with Gasteiger partial charge >= 0.3 is 5.69 Å². The number of aromatic nitrogens is 2. The molecule has 1 aromatic heterocycles. The van der Waals surface area contributed by atoms with Crippen molar-refractivity contribution in [3.8, 4) is 0 Å². The number of nitrogens with zero attached hydrogens (tertiary/aromatic N) is 2. The molecule has 0 aliphatic heterocycles. The minimum absolute atomic E-state index is 0.284. The topological polar surface area (TPSA) is 75.2 Å². The maximum atomic E-state index is 12.9. The van der Waals surface area contributed by atoms with Gasteiger partial charge in [-0.1, -0.05) is 0 Å². The molecule has 0 saturated carbocycles. The van der Waals surface area contributed by atoms with E-state index >= 15 is 0 Å². The van der Waals surface area contributed by atoms with Gasteiger partial charge in [0.15, 0.2) is 0 Å². The van der Waals surface area contributed by atoms with Crippen LogP contribution in [-0.4, -0.2) is 33.4 Å². The molecule has 0 aliphatic carbocycles. The minimum atomic E-state index is -1.09. The van der Waals surface area contributed by atoms with E-state index in [9.17, 15) is 18.8 Å². The summed E-state index contributed by atoms with van der Waals surface area (Å²) in [5, 5.41) is 0. The lowest BCUT2D eigenvalue weighted by molar-refractivity contribution is -0.131. The monoisotopic (exact) mass is 243 g/mol. The van der Waals surface area contributed by atoms with Crippen molar-refractivity contribution in [3.05, 3.63) is 32.9 Å². The number of aromatic amines is 1. The molecule has 1 amide bonds. The Hall–Kier alpha value is -1.92. The Morgan fingerprint density at radius 1 is 1.41 bits per heavy atom. The van der Waals surface area contributed by atoms with Gasteiger partial charge in [-0.3, -0.25) is 19.1 Å². The van der Waals surface area contributed by atoms with Crippen LogP contribution in [0.25, 0.3) is 0 Å². The third-order valence-corrected chi connectivity index (χ3v) is 2.39. The van der Waals surface area contributed by atoms with Gasteiger partial charge < -0.3 is 4.90 Å². The first-order chi connectivity index (χ1) is 7.99. The molecule has 0 spiro atoms. The summed E-state index contributed by atoms with van der Waals surface area (Å²) in [6.07, 6.45) is 0.739. The molecule has 0 unspecified atom stereocenters. The highest BCUT2D eigenvalue weighted by Gasteiger charge is 2.12. The second kappa shape index (κ2) is 5.42. The van der Waals surface area contributed by atoms with E-state index in [1.54, 1.807) is 18.8 Å². The molecular formula is C10H14FN3O3. The van der Waals surface area contributed by atoms with E-state index in [-0.39, 0.29) is 12.5 Å². The first-order valence-electron chi connectivity index (χ1n) is 5.26. The van der Waals surface area contributed by atoms with Crippen molar-refractivity contribution in [2.45, 2.75) is 20.4 Å². The van der Waals surface area contributed by atoms with Crippen molar-refractivity contribution < 1.29 is 9.18 Å². The maximum absolute atomic E-state index is 12.9. The number of carbonyl (C=O) groups is 1. The fraction of sp³-hybridized carbons (Fsp3) is 0.500. The van der Waals surface area contributed by atoms with E-state index in [1.165, 1.54) is 4.90 Å². The lowest BCUT2D eigenvalue weighted by atomic mass is 10.4. The molecule has 17 heavy (non-hydrogen) atoms. The number of hydrogen-bond donors (Lipinski definition) is 1. The molecule has 6 nitrogen and oxygen atoms in total. The highest BCUT2D eigenvalue weighted by Crippen LogP contribution is 1.92. The van der Waals surface area contributed by atoms with Crippen LogP contribution in [0.2, 0.25) is 0 Å². The molecular weight excluding hydrogens is 229 g/mol. The SMILES string of the molecule is CCN(CC)C(=O)Cn1cc(F)c(=O)[nH]c1=O. The molecule has 0 aliphatic rings. The first-order valence-corrected chi connectivity index (χ1v) is 5.26. The Labute approximate surface area is 96.7 Å². The standard InChI is InChI=1S/C10H14FN3O3/c1-3-13(4-2)8(15)6-14-5-7(11)9(16)12-10(14)17/h5H,3-4,6H2,1-2H3,(H,12,16,17). The fourth-order valence-electron chi connectivity index (χ4n) is 1.42. The number of H-pyrrole nitrogens is 1. The van der Waals surface area contributed by atoms with Crippen LogP contribution in [0.3, 0.4) is 0 Å². The Morgan fingerprint density at radius 3 is 2.53 bits per heavy atom. The Kier molecular flexibility index (Phi) is 4.19. The minimum Gasteiger partial charge on any atom is -0.342 e. The van der Waals surface area contributed by atoms with E-state index in [0.29, 0.717) is 13.1 Å². The maximum Gasteiger partial charge on any atom is 0.328 e. The van der Waals surface area contributed by atoms with Crippen LogP contribution in [0.4, 0.5) is 4.39 Å². The summed E-state index contributed by atoms with van der Waals surface area (Å²) in [6.45, 7) is 4.34. The summed E-state index contributed by atoms with van der Waals surface area (Å²) in [6, 6.07) is 0. The predicted molar refractivity (Wildman–Crippen MR) is 59.2 cm³/mol. The largest absolute Gasteiger partial charge is 0.342 e. The smallest absolute Gasteiger partial charge is 0.328 e. The van der Waals surface area contributed by atoms with E-state index in [2.05, 4.69) is 0 Å². The van der Waals surface area contributed by atoms with Gasteiger partial charge in [0.2, 0.25) is 11.7 Å². The van der Waals surface area contributed by atoms with Crippen LogP contribution in [0.15, 0.2) is 15.8 Å². The van der Waals surface area contributed by atoms with Gasteiger partial charge in [0.1, 0.15) is 6.54 Å². The molecule has 0 aromatic carbocycles. The lowest BCUT2D eigenvalue weighted by Gasteiger charge is -2.18. The van der Waals surface area contributed by atoms with Crippen LogP contribution in [0, 0.1) is 5.82 Å². The van der Waals surface area contributed by atoms with Gasteiger partial charge in [-0.05, 0) is 13.8 Å². The zero-order valence-electron chi connectivity index (χ0n) is 9.70. The van der Waals surface area contributed by atoms with Gasteiger partial charge in [0.05, 0.1) is 6.20 Å². The number of halogens is 1. The molecule has 0 saturated heterocycles. The van der Waals surface area contributed by atoms with Crippen molar-refractivity contribution in [2.24, 2.45) is 0 Å². The molecule has 94 valence electrons. The van der Waals surface area contributed by atoms with Gasteiger partial charge in [-0.15, -0.1) is 0 Å². The molecule has 0 fully saturated rings. The van der Waals surface area contributed by atoms with Crippen molar-refractivity contribution in [3.63, 3.8) is 0 Å². The Balaban J connectivity index is 2.96. The molecule has 0 radical (unpaired) electrons. The number of hydrogen-bond acceptors (Lipinski definition) is 3. The molecule has 1 heterocycles. The average Bonchev–Trinajstić information content (AvgIpc) is 2.27. The van der Waals surface area contributed by atoms with Crippen LogP contribution < -0.4 is 11.2 Å². The third-order valence-electron chi connectivity index (χ3n) is 2.39. The molecule has 1 aromatic rings. The summed E-state index contributed by atoms with van der Waals surface area (Å²) >= 11 is 0. The van der Waals surface area contributed by atoms with Crippen LogP contribution >= 0.6 is 0 Å². The number of carbonyl (C=O) groups excluding carboxylic acids is 1. The van der Waals surface area contributed by atoms with E-state index in [1.807, 2.05) is 0 Å². The van der Waals surface area contributed by atoms with E-state index in [4.69, 9.17) is 0 Å². The van der Waals surface area contributed by atoms with Crippen LogP contribution in [-0.2, 0) is 11.3 Å². The predicted octanol–water partition coefficient (Wildman–Crippen LogP) is -0.456. The summed E-state index contributed by atoms with van der Waals surface area (Å²) in [7, 11) is 0.